The molecule has 0 spiro atoms. The number of nitrogens with zero attached hydrogens (tertiary/aromatic N) is 2. The number of piperidine rings is 1. The Kier molecular flexibility index (Phi) is 6.08. The van der Waals surface area contributed by atoms with E-state index in [1.807, 2.05) is 34.6 Å². The van der Waals surface area contributed by atoms with Gasteiger partial charge in [0.25, 0.3) is 0 Å². The number of hydrogen-bond acceptors (Lipinski definition) is 4. The van der Waals surface area contributed by atoms with E-state index in [2.05, 4.69) is 39.7 Å². The Balaban J connectivity index is 2.64. The largest absolute Gasteiger partial charge is 0.479 e. The van der Waals surface area contributed by atoms with Crippen LogP contribution < -0.4 is 4.90 Å². The molecule has 1 aromatic heterocycles. The van der Waals surface area contributed by atoms with Gasteiger partial charge in [0.2, 0.25) is 0 Å². The maximum absolute atomic E-state index is 12.1. The topological polar surface area (TPSA) is 62.7 Å². The van der Waals surface area contributed by atoms with Crippen LogP contribution in [0.5, 0.6) is 0 Å². The quantitative estimate of drug-likeness (QED) is 0.731. The molecule has 0 radical (unpaired) electrons. The molecule has 1 fully saturated rings. The van der Waals surface area contributed by atoms with Gasteiger partial charge in [-0.1, -0.05) is 13.8 Å². The second kappa shape index (κ2) is 7.47. The highest BCUT2D eigenvalue weighted by Crippen LogP contribution is 2.43. The van der Waals surface area contributed by atoms with Gasteiger partial charge in [-0.2, -0.15) is 0 Å². The number of aryl methyl sites for hydroxylation is 2. The normalized spacial score (nSPS) is 18.7. The van der Waals surface area contributed by atoms with E-state index >= 15 is 0 Å². The van der Waals surface area contributed by atoms with E-state index in [1.54, 1.807) is 0 Å². The summed E-state index contributed by atoms with van der Waals surface area (Å²) in [6.45, 7) is 15.7. The summed E-state index contributed by atoms with van der Waals surface area (Å²) in [5.74, 6) is -0.988. The van der Waals surface area contributed by atoms with Crippen molar-refractivity contribution in [2.45, 2.75) is 73.0 Å². The minimum atomic E-state index is -1.06. The van der Waals surface area contributed by atoms with Crippen LogP contribution in [-0.4, -0.2) is 34.8 Å². The third-order valence-corrected chi connectivity index (χ3v) is 5.63. The highest BCUT2D eigenvalue weighted by atomic mass is 79.9. The van der Waals surface area contributed by atoms with Crippen LogP contribution in [0, 0.1) is 19.3 Å². The van der Waals surface area contributed by atoms with Crippen LogP contribution >= 0.6 is 15.9 Å². The lowest BCUT2D eigenvalue weighted by atomic mass is 9.83. The summed E-state index contributed by atoms with van der Waals surface area (Å²) in [6.07, 6.45) is 1.19. The van der Waals surface area contributed by atoms with Crippen LogP contribution in [0.25, 0.3) is 0 Å². The lowest BCUT2D eigenvalue weighted by Gasteiger charge is -2.41. The summed E-state index contributed by atoms with van der Waals surface area (Å²) in [4.78, 5) is 19.0. The van der Waals surface area contributed by atoms with Gasteiger partial charge < -0.3 is 14.7 Å². The third kappa shape index (κ3) is 4.77. The molecule has 26 heavy (non-hydrogen) atoms. The average Bonchev–Trinajstić information content (AvgIpc) is 2.46. The number of carboxylic acids is 1. The summed E-state index contributed by atoms with van der Waals surface area (Å²) >= 11 is 3.68. The molecule has 0 saturated carbocycles. The van der Waals surface area contributed by atoms with Crippen molar-refractivity contribution in [2.24, 2.45) is 5.41 Å². The molecule has 2 heterocycles. The van der Waals surface area contributed by atoms with Crippen LogP contribution in [0.3, 0.4) is 0 Å². The van der Waals surface area contributed by atoms with E-state index in [9.17, 15) is 9.90 Å². The summed E-state index contributed by atoms with van der Waals surface area (Å²) in [7, 11) is 0. The van der Waals surface area contributed by atoms with E-state index < -0.39 is 17.7 Å². The van der Waals surface area contributed by atoms with E-state index in [1.165, 1.54) is 6.42 Å². The summed E-state index contributed by atoms with van der Waals surface area (Å²) in [5.41, 5.74) is 2.75. The van der Waals surface area contributed by atoms with Crippen LogP contribution in [-0.2, 0) is 9.53 Å². The van der Waals surface area contributed by atoms with Crippen molar-refractivity contribution in [3.8, 4) is 0 Å². The molecule has 1 N–H and O–H groups in total. The first-order valence-corrected chi connectivity index (χ1v) is 9.94. The van der Waals surface area contributed by atoms with Gasteiger partial charge in [0.15, 0.2) is 6.10 Å². The maximum Gasteiger partial charge on any atom is 0.337 e. The second-order valence-corrected chi connectivity index (χ2v) is 9.79. The monoisotopic (exact) mass is 426 g/mol. The van der Waals surface area contributed by atoms with Crippen molar-refractivity contribution in [2.75, 3.05) is 18.0 Å². The van der Waals surface area contributed by atoms with Gasteiger partial charge >= 0.3 is 5.97 Å². The first-order valence-electron chi connectivity index (χ1n) is 9.14. The number of anilines is 1. The van der Waals surface area contributed by atoms with Gasteiger partial charge in [0.05, 0.1) is 21.5 Å². The molecule has 6 heteroatoms. The van der Waals surface area contributed by atoms with E-state index in [-0.39, 0.29) is 5.41 Å². The predicted molar refractivity (Wildman–Crippen MR) is 108 cm³/mol. The number of pyridine rings is 1. The molecule has 1 aliphatic heterocycles. The molecular formula is C20H31BrN2O3. The molecule has 0 aromatic carbocycles. The van der Waals surface area contributed by atoms with E-state index in [0.717, 1.165) is 35.4 Å². The third-order valence-electron chi connectivity index (χ3n) is 4.68. The number of ether oxygens (including phenoxy) is 1. The number of carboxylic acid groups (broad SMARTS) is 1. The minimum Gasteiger partial charge on any atom is -0.479 e. The molecular weight excluding hydrogens is 396 g/mol. The predicted octanol–water partition coefficient (Wildman–Crippen LogP) is 5.03. The Morgan fingerprint density at radius 3 is 2.42 bits per heavy atom. The summed E-state index contributed by atoms with van der Waals surface area (Å²) in [5, 5.41) is 9.91. The van der Waals surface area contributed by atoms with Crippen molar-refractivity contribution in [3.05, 3.63) is 21.4 Å². The van der Waals surface area contributed by atoms with Crippen molar-refractivity contribution in [1.29, 1.82) is 0 Å². The van der Waals surface area contributed by atoms with Gasteiger partial charge in [-0.3, -0.25) is 4.98 Å². The summed E-state index contributed by atoms with van der Waals surface area (Å²) < 4.78 is 6.82. The van der Waals surface area contributed by atoms with Gasteiger partial charge in [-0.05, 0) is 68.8 Å². The van der Waals surface area contributed by atoms with Crippen molar-refractivity contribution in [3.63, 3.8) is 0 Å². The first kappa shape index (κ1) is 21.2. The average molecular weight is 427 g/mol. The lowest BCUT2D eigenvalue weighted by Crippen LogP contribution is -2.41. The maximum atomic E-state index is 12.1. The molecule has 1 unspecified atom stereocenters. The van der Waals surface area contributed by atoms with Gasteiger partial charge in [-0.25, -0.2) is 4.79 Å². The smallest absolute Gasteiger partial charge is 0.337 e. The summed E-state index contributed by atoms with van der Waals surface area (Å²) in [6, 6.07) is 0. The Labute approximate surface area is 165 Å². The zero-order chi connectivity index (χ0) is 19.9. The highest BCUT2D eigenvalue weighted by molar-refractivity contribution is 9.10. The number of carbonyl (C=O) groups is 1. The van der Waals surface area contributed by atoms with Crippen LogP contribution in [0.2, 0.25) is 0 Å². The van der Waals surface area contributed by atoms with Crippen molar-refractivity contribution in [1.82, 2.24) is 4.98 Å². The molecule has 0 bridgehead atoms. The Hall–Kier alpha value is -1.14. The van der Waals surface area contributed by atoms with Gasteiger partial charge in [0.1, 0.15) is 0 Å². The molecule has 146 valence electrons. The minimum absolute atomic E-state index is 0.184. The molecule has 1 atom stereocenters. The van der Waals surface area contributed by atoms with Crippen molar-refractivity contribution < 1.29 is 14.6 Å². The fourth-order valence-electron chi connectivity index (χ4n) is 3.65. The molecule has 1 aromatic rings. The SMILES string of the molecule is Cc1nc(C)c(C(OC(C)(C)C)C(=O)O)c(N2CCCC(C)(C)C2)c1Br. The van der Waals surface area contributed by atoms with Crippen LogP contribution in [0.4, 0.5) is 5.69 Å². The first-order chi connectivity index (χ1) is 11.8. The zero-order valence-electron chi connectivity index (χ0n) is 16.9. The van der Waals surface area contributed by atoms with Gasteiger partial charge in [-0.15, -0.1) is 0 Å². The van der Waals surface area contributed by atoms with E-state index in [4.69, 9.17) is 4.74 Å². The number of aromatic nitrogens is 1. The Bertz CT molecular complexity index is 695. The van der Waals surface area contributed by atoms with Gasteiger partial charge in [0, 0.05) is 24.3 Å². The molecule has 1 saturated heterocycles. The zero-order valence-corrected chi connectivity index (χ0v) is 18.5. The fraction of sp³-hybridized carbons (Fsp3) is 0.700. The molecule has 0 amide bonds. The number of hydrogen-bond donors (Lipinski definition) is 1. The Morgan fingerprint density at radius 1 is 1.31 bits per heavy atom. The Morgan fingerprint density at radius 2 is 1.92 bits per heavy atom. The lowest BCUT2D eigenvalue weighted by molar-refractivity contribution is -0.160. The highest BCUT2D eigenvalue weighted by Gasteiger charge is 2.36. The molecule has 0 aliphatic carbocycles. The number of rotatable bonds is 4. The van der Waals surface area contributed by atoms with E-state index in [0.29, 0.717) is 11.3 Å². The van der Waals surface area contributed by atoms with Crippen LogP contribution in [0.15, 0.2) is 4.47 Å². The van der Waals surface area contributed by atoms with Crippen molar-refractivity contribution >= 4 is 27.6 Å². The second-order valence-electron chi connectivity index (χ2n) is 9.00. The molecule has 1 aliphatic rings. The van der Waals surface area contributed by atoms with Crippen LogP contribution in [0.1, 0.15) is 70.5 Å². The number of halogens is 1. The fourth-order valence-corrected chi connectivity index (χ4v) is 4.20. The standard InChI is InChI=1S/C20H31BrN2O3/c1-12-14(17(18(24)25)26-19(3,4)5)16(15(21)13(2)22-12)23-10-8-9-20(6,7)11-23/h17H,8-11H2,1-7H3,(H,24,25). The molecule has 2 rings (SSSR count). The molecule has 5 nitrogen and oxygen atoms in total. The number of aliphatic carboxylic acids is 1.